The molecule has 9 unspecified atom stereocenters. The molecule has 5 N–H and O–H groups in total. The number of carbonyl (C=O) groups is 1. The van der Waals surface area contributed by atoms with Crippen molar-refractivity contribution in [3.63, 3.8) is 0 Å². The fourth-order valence-electron chi connectivity index (χ4n) is 11.6. The number of aromatic amines is 2. The van der Waals surface area contributed by atoms with Crippen molar-refractivity contribution in [2.24, 2.45) is 35.5 Å². The number of ketones is 1. The molecule has 3 radical (unpaired) electrons. The molecule has 6 fully saturated rings. The number of Topliss-reactive ketones (excluding diaryl/α,β-unsaturated/α-hetero) is 1. The van der Waals surface area contributed by atoms with Crippen LogP contribution in [0.25, 0.3) is 44.3 Å². The summed E-state index contributed by atoms with van der Waals surface area (Å²) in [6.07, 6.45) is 8.83. The van der Waals surface area contributed by atoms with E-state index in [4.69, 9.17) is 19.0 Å². The van der Waals surface area contributed by atoms with Gasteiger partial charge in [-0.25, -0.2) is 9.97 Å². The normalized spacial score (nSPS) is 27.6. The summed E-state index contributed by atoms with van der Waals surface area (Å²) in [6.45, 7) is 7.68. The van der Waals surface area contributed by atoms with Crippen molar-refractivity contribution in [2.75, 3.05) is 0 Å². The number of rotatable bonds is 8. The minimum absolute atomic E-state index is 0. The van der Waals surface area contributed by atoms with E-state index >= 15 is 0 Å². The molecule has 6 saturated carbocycles. The van der Waals surface area contributed by atoms with Crippen LogP contribution in [-0.4, -0.2) is 65.9 Å². The van der Waals surface area contributed by atoms with E-state index in [0.29, 0.717) is 29.6 Å². The number of carbonyl (C=O) groups excluding carboxylic acids is 1. The van der Waals surface area contributed by atoms with Gasteiger partial charge in [0, 0.05) is 54.3 Å². The van der Waals surface area contributed by atoms with Crippen LogP contribution in [0.4, 0.5) is 0 Å². The van der Waals surface area contributed by atoms with Gasteiger partial charge in [-0.05, 0) is 145 Å². The molecule has 6 aliphatic rings. The van der Waals surface area contributed by atoms with Crippen molar-refractivity contribution in [3.8, 4) is 22.3 Å². The van der Waals surface area contributed by atoms with Gasteiger partial charge >= 0.3 is 29.6 Å². The molecule has 12 rings (SSSR count). The van der Waals surface area contributed by atoms with Gasteiger partial charge in [-0.3, -0.25) is 4.79 Å². The number of hydrogen-bond donors (Lipinski definition) is 5. The fraction of sp³-hybridized carbons (Fsp3) is 0.543. The largest absolute Gasteiger partial charge is 1.00 e. The van der Waals surface area contributed by atoms with Crippen molar-refractivity contribution in [3.05, 3.63) is 69.9 Å². The van der Waals surface area contributed by atoms with Gasteiger partial charge in [0.15, 0.2) is 0 Å². The number of aryl methyl sites for hydroxylation is 4. The number of aliphatic hydroxyl groups excluding tert-OH is 3. The fourth-order valence-corrected chi connectivity index (χ4v) is 11.6. The third-order valence-corrected chi connectivity index (χ3v) is 14.8. The van der Waals surface area contributed by atoms with Gasteiger partial charge in [0.25, 0.3) is 0 Å². The van der Waals surface area contributed by atoms with Crippen molar-refractivity contribution in [2.45, 2.75) is 122 Å². The van der Waals surface area contributed by atoms with E-state index in [1.165, 1.54) is 12.8 Å². The molecule has 2 aromatic carbocycles. The second-order valence-corrected chi connectivity index (χ2v) is 18.6. The Morgan fingerprint density at radius 3 is 1.58 bits per heavy atom. The van der Waals surface area contributed by atoms with E-state index in [9.17, 15) is 20.1 Å². The maximum atomic E-state index is 12.8. The van der Waals surface area contributed by atoms with E-state index in [1.54, 1.807) is 0 Å². The second-order valence-electron chi connectivity index (χ2n) is 18.6. The van der Waals surface area contributed by atoms with Crippen molar-refractivity contribution >= 4 is 36.3 Å². The topological polar surface area (TPSA) is 187 Å². The summed E-state index contributed by atoms with van der Waals surface area (Å²) in [5.41, 5.74) is 10.6. The molecule has 4 bridgehead atoms. The Balaban J connectivity index is 0.000000161. The summed E-state index contributed by atoms with van der Waals surface area (Å²) >= 11 is 0. The first-order valence-electron chi connectivity index (χ1n) is 21.5. The first-order valence-corrected chi connectivity index (χ1v) is 21.5. The summed E-state index contributed by atoms with van der Waals surface area (Å²) in [5.74, 6) is 5.49. The number of nitrogens with zero attached hydrogens (tertiary/aromatic N) is 4. The van der Waals surface area contributed by atoms with Crippen molar-refractivity contribution in [1.29, 1.82) is 0 Å². The van der Waals surface area contributed by atoms with Gasteiger partial charge in [0.1, 0.15) is 29.0 Å². The summed E-state index contributed by atoms with van der Waals surface area (Å²) < 4.78 is 10.8. The van der Waals surface area contributed by atoms with Crippen LogP contribution in [0.1, 0.15) is 135 Å². The van der Waals surface area contributed by atoms with Gasteiger partial charge in [-0.15, -0.1) is 0 Å². The number of aromatic nitrogens is 6. The SMILES string of the molecule is Cc1noc(C)c1-c1cc(C(O)C2C(=O)C3CCC2C3)c2nc(C3CC3)[nH]c2c1.Cc1noc(C)c1-c1cc(C(O)C2C3CCC(C3)C2O)c2nc(C3CC3)[nH]c2c1.[B].[H-].[Na+]. The molecule has 0 aliphatic heterocycles. The second kappa shape index (κ2) is 15.6. The van der Waals surface area contributed by atoms with E-state index in [2.05, 4.69) is 32.4 Å². The number of imidazole rings is 2. The summed E-state index contributed by atoms with van der Waals surface area (Å²) in [7, 11) is 0. The minimum Gasteiger partial charge on any atom is -1.00 e. The third-order valence-electron chi connectivity index (χ3n) is 14.8. The number of H-pyrrole nitrogens is 2. The zero-order chi connectivity index (χ0) is 39.7. The maximum Gasteiger partial charge on any atom is 1.00 e. The Labute approximate surface area is 374 Å². The van der Waals surface area contributed by atoms with Crippen LogP contribution in [0, 0.1) is 63.2 Å². The molecule has 60 heavy (non-hydrogen) atoms. The molecule has 6 aliphatic carbocycles. The number of hydrogen-bond acceptors (Lipinski definition) is 10. The number of aliphatic hydroxyl groups is 3. The van der Waals surface area contributed by atoms with Gasteiger partial charge in [0.05, 0.1) is 57.7 Å². The Kier molecular flexibility index (Phi) is 10.9. The molecule has 4 heterocycles. The quantitative estimate of drug-likeness (QED) is 0.127. The summed E-state index contributed by atoms with van der Waals surface area (Å²) in [5, 5.41) is 41.9. The van der Waals surface area contributed by atoms with Crippen LogP contribution in [0.5, 0.6) is 0 Å². The van der Waals surface area contributed by atoms with Crippen LogP contribution in [0.15, 0.2) is 33.3 Å². The van der Waals surface area contributed by atoms with E-state index in [-0.39, 0.29) is 62.9 Å². The average molecular weight is 820 g/mol. The van der Waals surface area contributed by atoms with E-state index in [1.807, 2.05) is 39.8 Å². The van der Waals surface area contributed by atoms with Gasteiger partial charge in [-0.1, -0.05) is 10.3 Å². The Bertz CT molecular complexity index is 2570. The molecule has 12 nitrogen and oxygen atoms in total. The molecular weight excluding hydrogens is 766 g/mol. The van der Waals surface area contributed by atoms with Gasteiger partial charge in [-0.2, -0.15) is 0 Å². The Hall–Kier alpha value is -3.59. The van der Waals surface area contributed by atoms with Crippen LogP contribution in [0.2, 0.25) is 0 Å². The van der Waals surface area contributed by atoms with Gasteiger partial charge < -0.3 is 35.8 Å². The number of fused-ring (bicyclic) bond motifs is 6. The van der Waals surface area contributed by atoms with E-state index < -0.39 is 18.3 Å². The summed E-state index contributed by atoms with van der Waals surface area (Å²) in [4.78, 5) is 29.6. The number of benzene rings is 2. The van der Waals surface area contributed by atoms with Crippen LogP contribution in [0.3, 0.4) is 0 Å². The molecule has 9 atom stereocenters. The smallest absolute Gasteiger partial charge is 1.00 e. The predicted molar refractivity (Wildman–Crippen MR) is 223 cm³/mol. The molecular formula is C46H53BN6NaO6. The molecule has 307 valence electrons. The predicted octanol–water partition coefficient (Wildman–Crippen LogP) is 5.25. The van der Waals surface area contributed by atoms with Gasteiger partial charge in [0.2, 0.25) is 0 Å². The van der Waals surface area contributed by atoms with E-state index in [0.717, 1.165) is 141 Å². The standard InChI is InChI=1S/C23H27N3O3.C23H25N3O3.B.Na.H/c2*1-10-18(11(2)29-26-10)15-8-16(20-17(9-15)24-23(25-20)12-3-4-12)22(28)19-13-5-6-14(7-13)21(19)27;;;/h8-9,12-14,19,21-22,27-28H,3-7H2,1-2H3,(H,24,25);8-9,12-14,19,22,28H,3-7H2,1-2H3,(H,24,25);;;/q;;;+1;-1. The first-order chi connectivity index (χ1) is 28.0. The van der Waals surface area contributed by atoms with Crippen LogP contribution in [-0.2, 0) is 4.79 Å². The maximum absolute atomic E-state index is 12.8. The van der Waals surface area contributed by atoms with Crippen molar-refractivity contribution < 1.29 is 60.1 Å². The molecule has 6 aromatic rings. The monoisotopic (exact) mass is 819 g/mol. The van der Waals surface area contributed by atoms with Crippen LogP contribution < -0.4 is 29.6 Å². The Morgan fingerprint density at radius 2 is 1.15 bits per heavy atom. The first kappa shape index (κ1) is 41.8. The summed E-state index contributed by atoms with van der Waals surface area (Å²) in [6, 6.07) is 8.19. The van der Waals surface area contributed by atoms with Crippen LogP contribution >= 0.6 is 0 Å². The third kappa shape index (κ3) is 6.86. The zero-order valence-electron chi connectivity index (χ0n) is 36.2. The minimum atomic E-state index is -0.823. The molecule has 0 spiro atoms. The Morgan fingerprint density at radius 1 is 0.667 bits per heavy atom. The van der Waals surface area contributed by atoms with Crippen molar-refractivity contribution in [1.82, 2.24) is 30.2 Å². The zero-order valence-corrected chi connectivity index (χ0v) is 37.2. The average Bonchev–Trinajstić information content (AvgIpc) is 3.62. The molecule has 0 saturated heterocycles. The molecule has 0 amide bonds. The molecule has 4 aromatic heterocycles. The number of nitrogens with one attached hydrogen (secondary N) is 2. The molecule has 14 heteroatoms.